The molecule has 0 aromatic heterocycles. The van der Waals surface area contributed by atoms with Crippen LogP contribution < -0.4 is 5.32 Å². The van der Waals surface area contributed by atoms with E-state index >= 15 is 0 Å². The van der Waals surface area contributed by atoms with Crippen LogP contribution in [0.5, 0.6) is 0 Å². The largest absolute Gasteiger partial charge is 0.387 e. The van der Waals surface area contributed by atoms with Crippen LogP contribution in [0, 0.1) is 0 Å². The van der Waals surface area contributed by atoms with E-state index in [9.17, 15) is 14.7 Å². The Labute approximate surface area is 154 Å². The molecular weight excluding hydrogens is 640 g/mol. The van der Waals surface area contributed by atoms with Crippen molar-refractivity contribution in [3.63, 3.8) is 0 Å². The number of carbonyl (C=O) groups is 2. The van der Waals surface area contributed by atoms with Crippen molar-refractivity contribution in [1.82, 2.24) is 10.2 Å². The second kappa shape index (κ2) is 6.27. The summed E-state index contributed by atoms with van der Waals surface area (Å²) in [4.78, 5) is 24.9. The fraction of sp³-hybridized carbons (Fsp3) is 0.714. The lowest BCUT2D eigenvalue weighted by atomic mass is 10.1. The number of β-amino-alcohol motifs (C(OH)–C–C–N with tert-alkyl or cyclic N) is 1. The summed E-state index contributed by atoms with van der Waals surface area (Å²) in [5.41, 5.74) is 0. The van der Waals surface area contributed by atoms with E-state index in [4.69, 9.17) is 0 Å². The average Bonchev–Trinajstić information content (AvgIpc) is 2.18. The van der Waals surface area contributed by atoms with Gasteiger partial charge in [-0.25, -0.2) is 0 Å². The van der Waals surface area contributed by atoms with E-state index in [1.165, 1.54) is 4.90 Å². The van der Waals surface area contributed by atoms with Gasteiger partial charge in [-0.1, -0.05) is 0 Å². The number of nitrogens with zero attached hydrogens (tertiary/aromatic N) is 1. The number of hydrogen-bond donors (Lipinski definition) is 2. The number of nitrogens with one attached hydrogen (secondary N) is 1. The van der Waals surface area contributed by atoms with Crippen LogP contribution in [0.15, 0.2) is 0 Å². The number of hydrogen-bond acceptors (Lipinski definition) is 3. The molecule has 5 nitrogen and oxygen atoms in total. The highest BCUT2D eigenvalue weighted by Gasteiger charge is 2.48. The average molecular weight is 646 g/mol. The number of likely N-dealkylation sites (tertiary alicyclic amines) is 1. The fourth-order valence-electron chi connectivity index (χ4n) is 1.25. The summed E-state index contributed by atoms with van der Waals surface area (Å²) in [6, 6.07) is 0. The van der Waals surface area contributed by atoms with E-state index in [0.717, 1.165) is 0 Å². The second-order valence-corrected chi connectivity index (χ2v) is 17.0. The van der Waals surface area contributed by atoms with Crippen molar-refractivity contribution in [1.29, 1.82) is 0 Å². The minimum absolute atomic E-state index is 0.147. The topological polar surface area (TPSA) is 69.6 Å². The zero-order chi connectivity index (χ0) is 14.3. The molecule has 1 heterocycles. The van der Waals surface area contributed by atoms with Gasteiger partial charge < -0.3 is 15.3 Å². The Morgan fingerprint density at radius 2 is 1.61 bits per heavy atom. The third-order valence-corrected chi connectivity index (χ3v) is 4.22. The Kier molecular flexibility index (Phi) is 6.21. The van der Waals surface area contributed by atoms with Crippen molar-refractivity contribution in [2.45, 2.75) is 16.6 Å². The first-order chi connectivity index (χ1) is 7.94. The second-order valence-electron chi connectivity index (χ2n) is 3.44. The summed E-state index contributed by atoms with van der Waals surface area (Å²) >= 11 is 18.4. The zero-order valence-electron chi connectivity index (χ0n) is 8.34. The lowest BCUT2D eigenvalue weighted by Gasteiger charge is -2.46. The number of carbonyl (C=O) groups excluding carboxylic acids is 2. The van der Waals surface area contributed by atoms with Crippen LogP contribution in [0.1, 0.15) is 0 Å². The van der Waals surface area contributed by atoms with Crippen LogP contribution in [-0.4, -0.2) is 44.9 Å². The molecule has 18 heavy (non-hydrogen) atoms. The van der Waals surface area contributed by atoms with Crippen molar-refractivity contribution in [2.24, 2.45) is 0 Å². The van der Waals surface area contributed by atoms with Crippen molar-refractivity contribution >= 4 is 107 Å². The third kappa shape index (κ3) is 4.39. The maximum absolute atomic E-state index is 11.9. The molecule has 0 aliphatic carbocycles. The summed E-state index contributed by atoms with van der Waals surface area (Å²) in [5.74, 6) is -0.823. The van der Waals surface area contributed by atoms with Crippen molar-refractivity contribution in [3.05, 3.63) is 0 Å². The van der Waals surface area contributed by atoms with E-state index in [-0.39, 0.29) is 12.5 Å². The number of aliphatic hydroxyl groups is 1. The minimum atomic E-state index is -1.13. The van der Waals surface area contributed by atoms with Crippen LogP contribution >= 0.6 is 95.6 Å². The van der Waals surface area contributed by atoms with Crippen molar-refractivity contribution in [2.75, 3.05) is 6.54 Å². The first-order valence-electron chi connectivity index (χ1n) is 4.38. The summed E-state index contributed by atoms with van der Waals surface area (Å²) in [7, 11) is 0. The summed E-state index contributed by atoms with van der Waals surface area (Å²) in [5, 5.41) is 12.1. The fourth-order valence-corrected chi connectivity index (χ4v) is 2.27. The first-order valence-corrected chi connectivity index (χ1v) is 9.14. The number of halogens is 6. The number of alkyl halides is 6. The van der Waals surface area contributed by atoms with Crippen LogP contribution in [-0.2, 0) is 9.59 Å². The normalized spacial score (nSPS) is 24.5. The van der Waals surface area contributed by atoms with E-state index in [2.05, 4.69) is 101 Å². The van der Waals surface area contributed by atoms with Gasteiger partial charge in [-0.15, -0.1) is 0 Å². The molecule has 104 valence electrons. The molecule has 1 aliphatic rings. The zero-order valence-corrected chi connectivity index (χ0v) is 17.9. The molecule has 2 N–H and O–H groups in total. The molecule has 1 aliphatic heterocycles. The Morgan fingerprint density at radius 3 is 1.94 bits per heavy atom. The molecule has 0 radical (unpaired) electrons. The monoisotopic (exact) mass is 640 g/mol. The Morgan fingerprint density at radius 1 is 1.11 bits per heavy atom. The maximum Gasteiger partial charge on any atom is 0.263 e. The predicted octanol–water partition coefficient (Wildman–Crippen LogP) is 2.31. The van der Waals surface area contributed by atoms with Gasteiger partial charge in [0, 0.05) is 0 Å². The van der Waals surface area contributed by atoms with Crippen molar-refractivity contribution < 1.29 is 14.7 Å². The lowest BCUT2D eigenvalue weighted by molar-refractivity contribution is -0.154. The van der Waals surface area contributed by atoms with Crippen LogP contribution in [0.4, 0.5) is 0 Å². The van der Waals surface area contributed by atoms with Gasteiger partial charge in [0.25, 0.3) is 11.8 Å². The molecule has 2 atom stereocenters. The van der Waals surface area contributed by atoms with E-state index in [0.29, 0.717) is 0 Å². The van der Waals surface area contributed by atoms with Gasteiger partial charge >= 0.3 is 0 Å². The highest BCUT2D eigenvalue weighted by atomic mass is 80.0. The van der Waals surface area contributed by atoms with Gasteiger partial charge in [0.1, 0.15) is 12.3 Å². The number of aliphatic hydroxyl groups excluding tert-OH is 1. The van der Waals surface area contributed by atoms with Crippen molar-refractivity contribution in [3.8, 4) is 0 Å². The molecule has 1 fully saturated rings. The Bertz CT molecular complexity index is 365. The van der Waals surface area contributed by atoms with E-state index in [1.807, 2.05) is 0 Å². The Balaban J connectivity index is 2.71. The molecule has 0 aromatic rings. The summed E-state index contributed by atoms with van der Waals surface area (Å²) < 4.78 is -2.24. The first kappa shape index (κ1) is 17.8. The van der Waals surface area contributed by atoms with Crippen LogP contribution in [0.2, 0.25) is 0 Å². The molecule has 2 amide bonds. The molecule has 0 spiro atoms. The standard InChI is InChI=1S/C7H6Br6N2O3/c8-6(9,10)4(17)14-3-2(16)1-15(3)5(18)7(11,12)13/h2-3,16H,1H2,(H,14,17). The molecule has 0 saturated carbocycles. The predicted molar refractivity (Wildman–Crippen MR) is 88.7 cm³/mol. The Hall–Kier alpha value is 1.78. The third-order valence-electron chi connectivity index (χ3n) is 2.12. The van der Waals surface area contributed by atoms with Gasteiger partial charge in [-0.2, -0.15) is 0 Å². The SMILES string of the molecule is O=C(NC1C(O)CN1C(=O)C(Br)(Br)Br)C(Br)(Br)Br. The smallest absolute Gasteiger partial charge is 0.263 e. The lowest BCUT2D eigenvalue weighted by Crippen LogP contribution is -2.71. The molecule has 1 rings (SSSR count). The summed E-state index contributed by atoms with van der Waals surface area (Å²) in [6.45, 7) is 0.147. The van der Waals surface area contributed by atoms with Gasteiger partial charge in [0.15, 0.2) is 0 Å². The highest BCUT2D eigenvalue weighted by Crippen LogP contribution is 2.38. The molecular formula is C7H6Br6N2O3. The number of amides is 2. The molecule has 0 bridgehead atoms. The summed E-state index contributed by atoms with van der Waals surface area (Å²) in [6.07, 6.45) is -1.58. The maximum atomic E-state index is 11.9. The minimum Gasteiger partial charge on any atom is -0.387 e. The molecule has 0 aromatic carbocycles. The van der Waals surface area contributed by atoms with Gasteiger partial charge in [-0.3, -0.25) is 9.59 Å². The van der Waals surface area contributed by atoms with Gasteiger partial charge in [-0.05, 0) is 95.6 Å². The van der Waals surface area contributed by atoms with E-state index in [1.54, 1.807) is 0 Å². The van der Waals surface area contributed by atoms with Crippen LogP contribution in [0.25, 0.3) is 0 Å². The van der Waals surface area contributed by atoms with Gasteiger partial charge in [0.2, 0.25) is 4.29 Å². The molecule has 11 heteroatoms. The number of rotatable bonds is 1. The van der Waals surface area contributed by atoms with Gasteiger partial charge in [0.05, 0.1) is 6.54 Å². The quantitative estimate of drug-likeness (QED) is 0.431. The van der Waals surface area contributed by atoms with E-state index < -0.39 is 22.5 Å². The molecule has 1 saturated heterocycles. The highest BCUT2D eigenvalue weighted by molar-refractivity contribution is 9.40. The molecule has 2 unspecified atom stereocenters. The van der Waals surface area contributed by atoms with Crippen LogP contribution in [0.3, 0.4) is 0 Å².